The van der Waals surface area contributed by atoms with E-state index < -0.39 is 0 Å². The van der Waals surface area contributed by atoms with Gasteiger partial charge in [-0.2, -0.15) is 0 Å². The first-order valence-electron chi connectivity index (χ1n) is 8.19. The Morgan fingerprint density at radius 3 is 2.50 bits per heavy atom. The number of methoxy groups -OCH3 is 1. The van der Waals surface area contributed by atoms with Crippen LogP contribution in [0.2, 0.25) is 0 Å². The highest BCUT2D eigenvalue weighted by Gasteiger charge is 2.13. The van der Waals surface area contributed by atoms with E-state index in [1.54, 1.807) is 26.2 Å². The Balaban J connectivity index is 1.78. The molecule has 0 aliphatic carbocycles. The van der Waals surface area contributed by atoms with Crippen LogP contribution in [0.4, 0.5) is 0 Å². The molecule has 0 aliphatic rings. The Morgan fingerprint density at radius 2 is 1.85 bits per heavy atom. The number of carbonyl (C=O) groups is 1. The van der Waals surface area contributed by atoms with Crippen LogP contribution in [0.15, 0.2) is 46.0 Å². The predicted octanol–water partition coefficient (Wildman–Crippen LogP) is 4.86. The summed E-state index contributed by atoms with van der Waals surface area (Å²) in [5.41, 5.74) is 4.79. The summed E-state index contributed by atoms with van der Waals surface area (Å²) >= 11 is 1.42. The molecule has 0 amide bonds. The second-order valence-corrected chi connectivity index (χ2v) is 7.05. The van der Waals surface area contributed by atoms with Crippen LogP contribution in [-0.2, 0) is 5.75 Å². The van der Waals surface area contributed by atoms with E-state index in [1.807, 2.05) is 32.0 Å². The van der Waals surface area contributed by atoms with E-state index in [9.17, 15) is 4.79 Å². The monoisotopic (exact) mass is 368 g/mol. The molecule has 1 heterocycles. The van der Waals surface area contributed by atoms with Gasteiger partial charge in [0.2, 0.25) is 5.89 Å². The summed E-state index contributed by atoms with van der Waals surface area (Å²) in [6, 6.07) is 11.6. The van der Waals surface area contributed by atoms with E-state index in [-0.39, 0.29) is 5.78 Å². The number of nitrogens with zero attached hydrogens (tertiary/aromatic N) is 2. The van der Waals surface area contributed by atoms with E-state index in [4.69, 9.17) is 9.15 Å². The van der Waals surface area contributed by atoms with Gasteiger partial charge in [0.1, 0.15) is 5.75 Å². The third kappa shape index (κ3) is 4.14. The maximum absolute atomic E-state index is 11.6. The van der Waals surface area contributed by atoms with Gasteiger partial charge in [0.25, 0.3) is 5.22 Å². The number of carbonyl (C=O) groups excluding carboxylic acids is 1. The van der Waals surface area contributed by atoms with Crippen molar-refractivity contribution < 1.29 is 13.9 Å². The minimum Gasteiger partial charge on any atom is -0.496 e. The Kier molecular flexibility index (Phi) is 5.42. The Labute approximate surface area is 156 Å². The lowest BCUT2D eigenvalue weighted by molar-refractivity contribution is 0.101. The fourth-order valence-corrected chi connectivity index (χ4v) is 3.47. The lowest BCUT2D eigenvalue weighted by Crippen LogP contribution is -1.96. The zero-order valence-corrected chi connectivity index (χ0v) is 16.0. The molecule has 0 saturated heterocycles. The van der Waals surface area contributed by atoms with Crippen molar-refractivity contribution >= 4 is 17.5 Å². The van der Waals surface area contributed by atoms with Crippen molar-refractivity contribution in [2.45, 2.75) is 31.7 Å². The summed E-state index contributed by atoms with van der Waals surface area (Å²) in [5, 5.41) is 8.75. The number of aryl methyl sites for hydroxylation is 2. The van der Waals surface area contributed by atoms with Crippen molar-refractivity contribution in [3.8, 4) is 17.2 Å². The highest BCUT2D eigenvalue weighted by Crippen LogP contribution is 2.30. The van der Waals surface area contributed by atoms with Gasteiger partial charge in [-0.3, -0.25) is 4.79 Å². The molecular weight excluding hydrogens is 348 g/mol. The molecule has 0 fully saturated rings. The highest BCUT2D eigenvalue weighted by atomic mass is 32.2. The number of ketones is 1. The van der Waals surface area contributed by atoms with E-state index in [2.05, 4.69) is 16.3 Å². The summed E-state index contributed by atoms with van der Waals surface area (Å²) in [7, 11) is 1.61. The molecule has 5 nitrogen and oxygen atoms in total. The lowest BCUT2D eigenvalue weighted by atomic mass is 10.1. The second-order valence-electron chi connectivity index (χ2n) is 6.12. The topological polar surface area (TPSA) is 65.2 Å². The van der Waals surface area contributed by atoms with Gasteiger partial charge in [-0.15, -0.1) is 10.2 Å². The van der Waals surface area contributed by atoms with Crippen LogP contribution in [0.25, 0.3) is 11.5 Å². The van der Waals surface area contributed by atoms with Crippen LogP contribution in [0, 0.1) is 13.8 Å². The summed E-state index contributed by atoms with van der Waals surface area (Å²) in [6.45, 7) is 5.63. The molecule has 0 bridgehead atoms. The van der Waals surface area contributed by atoms with E-state index in [0.29, 0.717) is 22.4 Å². The molecule has 0 saturated carbocycles. The number of ether oxygens (including phenoxy) is 1. The molecule has 1 aromatic heterocycles. The minimum absolute atomic E-state index is 0.0220. The molecule has 0 aliphatic heterocycles. The van der Waals surface area contributed by atoms with Gasteiger partial charge in [0, 0.05) is 22.4 Å². The molecule has 0 unspecified atom stereocenters. The smallest absolute Gasteiger partial charge is 0.277 e. The van der Waals surface area contributed by atoms with Gasteiger partial charge in [-0.25, -0.2) is 0 Å². The Bertz CT molecular complexity index is 930. The van der Waals surface area contributed by atoms with Crippen molar-refractivity contribution in [3.63, 3.8) is 0 Å². The van der Waals surface area contributed by atoms with Crippen LogP contribution < -0.4 is 4.74 Å². The van der Waals surface area contributed by atoms with Gasteiger partial charge < -0.3 is 9.15 Å². The minimum atomic E-state index is 0.0220. The zero-order valence-electron chi connectivity index (χ0n) is 15.2. The van der Waals surface area contributed by atoms with Crippen molar-refractivity contribution in [3.05, 3.63) is 58.7 Å². The van der Waals surface area contributed by atoms with Crippen molar-refractivity contribution in [2.24, 2.45) is 0 Å². The predicted molar refractivity (Wildman–Crippen MR) is 102 cm³/mol. The molecule has 2 aromatic carbocycles. The summed E-state index contributed by atoms with van der Waals surface area (Å²) in [5.74, 6) is 1.83. The van der Waals surface area contributed by atoms with Crippen LogP contribution in [-0.4, -0.2) is 23.1 Å². The first kappa shape index (κ1) is 18.2. The van der Waals surface area contributed by atoms with Crippen LogP contribution in [0.1, 0.15) is 34.0 Å². The number of hydrogen-bond acceptors (Lipinski definition) is 6. The van der Waals surface area contributed by atoms with Crippen molar-refractivity contribution in [1.29, 1.82) is 0 Å². The SMILES string of the molecule is COc1ccc(C(C)=O)cc1CSc1nnc(-c2cc(C)cc(C)c2)o1. The molecule has 3 rings (SSSR count). The Hall–Kier alpha value is -2.60. The number of rotatable bonds is 6. The standard InChI is InChI=1S/C20H20N2O3S/c1-12-7-13(2)9-16(8-12)19-21-22-20(25-19)26-11-17-10-15(14(3)23)5-6-18(17)24-4/h5-10H,11H2,1-4H3. The number of hydrogen-bond donors (Lipinski definition) is 0. The van der Waals surface area contributed by atoms with E-state index in [1.165, 1.54) is 11.8 Å². The van der Waals surface area contributed by atoms with Crippen LogP contribution >= 0.6 is 11.8 Å². The van der Waals surface area contributed by atoms with Gasteiger partial charge in [-0.05, 0) is 51.1 Å². The lowest BCUT2D eigenvalue weighted by Gasteiger charge is -2.08. The molecule has 134 valence electrons. The second kappa shape index (κ2) is 7.74. The van der Waals surface area contributed by atoms with Crippen LogP contribution in [0.3, 0.4) is 0 Å². The van der Waals surface area contributed by atoms with E-state index in [0.717, 1.165) is 28.0 Å². The molecule has 0 atom stereocenters. The van der Waals surface area contributed by atoms with Gasteiger partial charge in [-0.1, -0.05) is 29.0 Å². The third-order valence-corrected chi connectivity index (χ3v) is 4.78. The first-order valence-corrected chi connectivity index (χ1v) is 9.17. The number of Topliss-reactive ketones (excluding diaryl/α,β-unsaturated/α-hetero) is 1. The molecule has 26 heavy (non-hydrogen) atoms. The van der Waals surface area contributed by atoms with Gasteiger partial charge >= 0.3 is 0 Å². The fourth-order valence-electron chi connectivity index (χ4n) is 2.73. The summed E-state index contributed by atoms with van der Waals surface area (Å²) in [6.07, 6.45) is 0. The van der Waals surface area contributed by atoms with Crippen LogP contribution in [0.5, 0.6) is 5.75 Å². The maximum atomic E-state index is 11.6. The number of thioether (sulfide) groups is 1. The quantitative estimate of drug-likeness (QED) is 0.457. The van der Waals surface area contributed by atoms with Gasteiger partial charge in [0.15, 0.2) is 5.78 Å². The largest absolute Gasteiger partial charge is 0.496 e. The van der Waals surface area contributed by atoms with Crippen molar-refractivity contribution in [2.75, 3.05) is 7.11 Å². The average Bonchev–Trinajstić information content (AvgIpc) is 3.08. The molecule has 0 N–H and O–H groups in total. The number of aromatic nitrogens is 2. The molecule has 3 aromatic rings. The fraction of sp³-hybridized carbons (Fsp3) is 0.250. The first-order chi connectivity index (χ1) is 12.5. The number of benzene rings is 2. The Morgan fingerprint density at radius 1 is 1.12 bits per heavy atom. The van der Waals surface area contributed by atoms with E-state index >= 15 is 0 Å². The van der Waals surface area contributed by atoms with Crippen molar-refractivity contribution in [1.82, 2.24) is 10.2 Å². The molecule has 6 heteroatoms. The zero-order chi connectivity index (χ0) is 18.7. The normalized spacial score (nSPS) is 10.8. The van der Waals surface area contributed by atoms with Gasteiger partial charge in [0.05, 0.1) is 7.11 Å². The molecule has 0 spiro atoms. The summed E-state index contributed by atoms with van der Waals surface area (Å²) in [4.78, 5) is 11.6. The summed E-state index contributed by atoms with van der Waals surface area (Å²) < 4.78 is 11.2. The molecular formula is C20H20N2O3S. The highest BCUT2D eigenvalue weighted by molar-refractivity contribution is 7.98. The molecule has 0 radical (unpaired) electrons. The maximum Gasteiger partial charge on any atom is 0.277 e. The third-order valence-electron chi connectivity index (χ3n) is 3.91. The average molecular weight is 368 g/mol.